The first-order valence-corrected chi connectivity index (χ1v) is 13.1. The van der Waals surface area contributed by atoms with E-state index in [2.05, 4.69) is 24.1 Å². The van der Waals surface area contributed by atoms with Crippen LogP contribution in [0.4, 0.5) is 24.9 Å². The van der Waals surface area contributed by atoms with Gasteiger partial charge in [0.2, 0.25) is 11.9 Å². The van der Waals surface area contributed by atoms with Gasteiger partial charge in [0.05, 0.1) is 18.8 Å². The van der Waals surface area contributed by atoms with Gasteiger partial charge in [-0.3, -0.25) is 18.8 Å². The summed E-state index contributed by atoms with van der Waals surface area (Å²) >= 11 is 1.32. The average molecular weight is 544 g/mol. The molecule has 0 spiro atoms. The first kappa shape index (κ1) is 24.7. The highest BCUT2D eigenvalue weighted by atomic mass is 32.2. The van der Waals surface area contributed by atoms with Crippen molar-refractivity contribution < 1.29 is 30.6 Å². The largest absolute Gasteiger partial charge is 0.523 e. The third-order valence-corrected chi connectivity index (χ3v) is 7.91. The molecule has 16 heteroatoms. The van der Waals surface area contributed by atoms with Crippen molar-refractivity contribution in [3.05, 3.63) is 24.5 Å². The Labute approximate surface area is 207 Å². The summed E-state index contributed by atoms with van der Waals surface area (Å²) < 4.78 is 64.5. The van der Waals surface area contributed by atoms with Crippen LogP contribution in [0.2, 0.25) is 0 Å². The number of anilines is 2. The second-order valence-corrected chi connectivity index (χ2v) is 11.0. The number of likely N-dealkylation sites (N-methyl/N-ethyl adjacent to an activating group) is 1. The van der Waals surface area contributed by atoms with Crippen molar-refractivity contribution >= 4 is 49.5 Å². The van der Waals surface area contributed by atoms with Gasteiger partial charge in [0.1, 0.15) is 21.2 Å². The Morgan fingerprint density at radius 1 is 1.11 bits per heavy atom. The number of rotatable bonds is 5. The van der Waals surface area contributed by atoms with Crippen LogP contribution in [0.25, 0.3) is 20.9 Å². The van der Waals surface area contributed by atoms with Crippen LogP contribution in [0, 0.1) is 0 Å². The monoisotopic (exact) mass is 543 g/mol. The minimum absolute atomic E-state index is 0.0355. The highest BCUT2D eigenvalue weighted by Gasteiger charge is 2.49. The number of hydrogen-bond acceptors (Lipinski definition) is 11. The maximum atomic E-state index is 12.6. The molecule has 0 bridgehead atoms. The van der Waals surface area contributed by atoms with Gasteiger partial charge in [0.15, 0.2) is 0 Å². The van der Waals surface area contributed by atoms with E-state index < -0.39 is 21.7 Å². The van der Waals surface area contributed by atoms with Crippen molar-refractivity contribution in [3.63, 3.8) is 0 Å². The zero-order valence-electron chi connectivity index (χ0n) is 18.8. The fraction of sp³-hybridized carbons (Fsp3) is 0.450. The van der Waals surface area contributed by atoms with E-state index in [1.54, 1.807) is 34.3 Å². The van der Waals surface area contributed by atoms with Crippen molar-refractivity contribution in [3.8, 4) is 10.6 Å². The number of carbonyl (C=O) groups is 1. The number of piperazine rings is 1. The van der Waals surface area contributed by atoms with E-state index in [-0.39, 0.29) is 18.9 Å². The van der Waals surface area contributed by atoms with Crippen molar-refractivity contribution in [2.45, 2.75) is 18.0 Å². The van der Waals surface area contributed by atoms with Crippen LogP contribution < -0.4 is 9.80 Å². The molecule has 3 aromatic rings. The van der Waals surface area contributed by atoms with Gasteiger partial charge in [-0.1, -0.05) is 11.3 Å². The first-order chi connectivity index (χ1) is 17.0. The summed E-state index contributed by atoms with van der Waals surface area (Å²) in [7, 11) is -3.77. The highest BCUT2D eigenvalue weighted by Crippen LogP contribution is 2.32. The first-order valence-electron chi connectivity index (χ1n) is 10.8. The minimum Gasteiger partial charge on any atom is -0.354 e. The molecule has 2 aliphatic rings. The van der Waals surface area contributed by atoms with Crippen molar-refractivity contribution in [1.82, 2.24) is 24.8 Å². The summed E-state index contributed by atoms with van der Waals surface area (Å²) in [5, 5.41) is 0.638. The normalized spacial score (nSPS) is 20.0. The van der Waals surface area contributed by atoms with Crippen LogP contribution in [0.1, 0.15) is 6.42 Å². The lowest BCUT2D eigenvalue weighted by Crippen LogP contribution is -2.49. The Morgan fingerprint density at radius 2 is 1.92 bits per heavy atom. The molecule has 36 heavy (non-hydrogen) atoms. The Kier molecular flexibility index (Phi) is 6.30. The van der Waals surface area contributed by atoms with Gasteiger partial charge in [-0.2, -0.15) is 26.6 Å². The second kappa shape index (κ2) is 9.17. The second-order valence-electron chi connectivity index (χ2n) is 8.42. The Bertz CT molecular complexity index is 1400. The molecule has 0 N–H and O–H groups in total. The SMILES string of the molecule is CN1CCN(c2ncc3nc(-c4ccc(N5CC[C@H](OS(=O)(=O)C(F)(F)F)C5)nc4)sc3n2)C(=O)C1. The van der Waals surface area contributed by atoms with Crippen molar-refractivity contribution in [2.75, 3.05) is 49.6 Å². The van der Waals surface area contributed by atoms with Crippen LogP contribution in [-0.2, 0) is 19.1 Å². The fourth-order valence-corrected chi connectivity index (χ4v) is 5.45. The van der Waals surface area contributed by atoms with E-state index in [1.165, 1.54) is 11.3 Å². The lowest BCUT2D eigenvalue weighted by atomic mass is 10.3. The van der Waals surface area contributed by atoms with Crippen LogP contribution >= 0.6 is 11.3 Å². The minimum atomic E-state index is -5.65. The number of nitrogens with zero attached hydrogens (tertiary/aromatic N) is 7. The number of hydrogen-bond donors (Lipinski definition) is 0. The summed E-state index contributed by atoms with van der Waals surface area (Å²) in [5.41, 5.74) is -4.18. The smallest absolute Gasteiger partial charge is 0.354 e. The lowest BCUT2D eigenvalue weighted by molar-refractivity contribution is -0.120. The van der Waals surface area contributed by atoms with E-state index in [0.717, 1.165) is 6.54 Å². The average Bonchev–Trinajstić information content (AvgIpc) is 3.45. The van der Waals surface area contributed by atoms with Crippen molar-refractivity contribution in [1.29, 1.82) is 0 Å². The number of halogens is 3. The highest BCUT2D eigenvalue weighted by molar-refractivity contribution is 7.87. The van der Waals surface area contributed by atoms with Crippen LogP contribution in [0.3, 0.4) is 0 Å². The number of pyridine rings is 1. The zero-order chi connectivity index (χ0) is 25.7. The van der Waals surface area contributed by atoms with E-state index in [4.69, 9.17) is 0 Å². The lowest BCUT2D eigenvalue weighted by Gasteiger charge is -2.30. The molecule has 5 heterocycles. The molecular formula is C20H20F3N7O4S2. The summed E-state index contributed by atoms with van der Waals surface area (Å²) in [6.45, 7) is 1.79. The molecule has 0 unspecified atom stereocenters. The Hall–Kier alpha value is -2.95. The molecule has 5 rings (SSSR count). The topological polar surface area (TPSA) is 122 Å². The van der Waals surface area contributed by atoms with E-state index in [9.17, 15) is 26.4 Å². The van der Waals surface area contributed by atoms with E-state index >= 15 is 0 Å². The third kappa shape index (κ3) is 4.85. The molecule has 192 valence electrons. The van der Waals surface area contributed by atoms with Gasteiger partial charge in [0.25, 0.3) is 0 Å². The zero-order valence-corrected chi connectivity index (χ0v) is 20.5. The summed E-state index contributed by atoms with van der Waals surface area (Å²) in [4.78, 5) is 35.8. The van der Waals surface area contributed by atoms with E-state index in [1.807, 2.05) is 11.9 Å². The van der Waals surface area contributed by atoms with Crippen LogP contribution in [0.5, 0.6) is 0 Å². The number of aromatic nitrogens is 4. The van der Waals surface area contributed by atoms with Crippen LogP contribution in [-0.4, -0.2) is 90.5 Å². The fourth-order valence-electron chi connectivity index (χ4n) is 3.93. The van der Waals surface area contributed by atoms with Gasteiger partial charge < -0.3 is 4.90 Å². The maximum absolute atomic E-state index is 12.6. The maximum Gasteiger partial charge on any atom is 0.523 e. The summed E-state index contributed by atoms with van der Waals surface area (Å²) in [5.74, 6) is 0.742. The molecule has 0 aliphatic carbocycles. The van der Waals surface area contributed by atoms with Gasteiger partial charge in [0, 0.05) is 37.9 Å². The third-order valence-electron chi connectivity index (χ3n) is 5.80. The number of thiazole rings is 1. The molecule has 2 aliphatic heterocycles. The molecule has 3 aromatic heterocycles. The van der Waals surface area contributed by atoms with Gasteiger partial charge in [-0.15, -0.1) is 0 Å². The summed E-state index contributed by atoms with van der Waals surface area (Å²) in [6, 6.07) is 3.45. The van der Waals surface area contributed by atoms with Gasteiger partial charge in [-0.05, 0) is 25.6 Å². The van der Waals surface area contributed by atoms with Gasteiger partial charge in [-0.25, -0.2) is 15.0 Å². The predicted octanol–water partition coefficient (Wildman–Crippen LogP) is 1.87. The number of fused-ring (bicyclic) bond motifs is 1. The van der Waals surface area contributed by atoms with E-state index in [0.29, 0.717) is 52.3 Å². The molecule has 0 saturated carbocycles. The van der Waals surface area contributed by atoms with Crippen LogP contribution in [0.15, 0.2) is 24.5 Å². The molecule has 11 nitrogen and oxygen atoms in total. The van der Waals surface area contributed by atoms with Crippen molar-refractivity contribution in [2.24, 2.45) is 0 Å². The molecule has 1 amide bonds. The molecule has 0 radical (unpaired) electrons. The predicted molar refractivity (Wildman–Crippen MR) is 125 cm³/mol. The standard InChI is InChI=1S/C20H20F3N7O4S2/c1-28-6-7-30(16(31)11-28)19-25-9-14-18(27-19)35-17(26-14)12-2-3-15(24-8-12)29-5-4-13(10-29)34-36(32,33)20(21,22)23/h2-3,8-9,13H,4-7,10-11H2,1H3/t13-/m0/s1. The number of carbonyl (C=O) groups excluding carboxylic acids is 1. The molecule has 0 aromatic carbocycles. The Balaban J connectivity index is 1.28. The molecular weight excluding hydrogens is 523 g/mol. The molecule has 1 atom stereocenters. The molecule has 2 fully saturated rings. The summed E-state index contributed by atoms with van der Waals surface area (Å²) in [6.07, 6.45) is 2.16. The number of amides is 1. The Morgan fingerprint density at radius 3 is 2.61 bits per heavy atom. The number of alkyl halides is 3. The molecule has 2 saturated heterocycles. The quantitative estimate of drug-likeness (QED) is 0.348. The van der Waals surface area contributed by atoms with Gasteiger partial charge >= 0.3 is 15.6 Å².